The van der Waals surface area contributed by atoms with Crippen LogP contribution in [0.4, 0.5) is 0 Å². The molecule has 0 saturated carbocycles. The van der Waals surface area contributed by atoms with Crippen molar-refractivity contribution in [2.45, 2.75) is 18.9 Å². The Hall–Kier alpha value is -5.19. The number of hydrogen-bond acceptors (Lipinski definition) is 7. The lowest BCUT2D eigenvalue weighted by molar-refractivity contribution is 0.0681. The van der Waals surface area contributed by atoms with Crippen molar-refractivity contribution in [2.75, 3.05) is 19.7 Å². The first-order valence-corrected chi connectivity index (χ1v) is 13.6. The zero-order valence-corrected chi connectivity index (χ0v) is 23.2. The number of ether oxygens (including phenoxy) is 2. The molecule has 7 rings (SSSR count). The van der Waals surface area contributed by atoms with E-state index >= 15 is 0 Å². The second-order valence-electron chi connectivity index (χ2n) is 10.3. The van der Waals surface area contributed by atoms with Gasteiger partial charge in [0.1, 0.15) is 22.9 Å². The van der Waals surface area contributed by atoms with Crippen LogP contribution in [0, 0.1) is 0 Å². The van der Waals surface area contributed by atoms with Crippen molar-refractivity contribution in [3.8, 4) is 17.2 Å². The average molecular weight is 568 g/mol. The molecule has 42 heavy (non-hydrogen) atoms. The highest BCUT2D eigenvalue weighted by Crippen LogP contribution is 2.39. The van der Waals surface area contributed by atoms with Gasteiger partial charge in [-0.25, -0.2) is 4.79 Å². The van der Waals surface area contributed by atoms with Crippen LogP contribution in [-0.2, 0) is 20.5 Å². The molecule has 0 spiro atoms. The monoisotopic (exact) mass is 567 g/mol. The third kappa shape index (κ3) is 5.05. The summed E-state index contributed by atoms with van der Waals surface area (Å²) in [5.74, 6) is 0.949. The predicted molar refractivity (Wildman–Crippen MR) is 153 cm³/mol. The Labute approximate surface area is 241 Å². The Morgan fingerprint density at radius 3 is 2.67 bits per heavy atom. The largest absolute Gasteiger partial charge is 0.494 e. The van der Waals surface area contributed by atoms with Gasteiger partial charge in [0.05, 0.1) is 24.4 Å². The Balaban J connectivity index is 1.46. The van der Waals surface area contributed by atoms with Gasteiger partial charge in [0.25, 0.3) is 17.4 Å². The van der Waals surface area contributed by atoms with E-state index in [1.54, 1.807) is 17.2 Å². The number of amides is 2. The number of nitrogens with zero attached hydrogens (tertiary/aromatic N) is 4. The highest BCUT2D eigenvalue weighted by molar-refractivity contribution is 5.94. The Morgan fingerprint density at radius 2 is 1.81 bits per heavy atom. The maximum atomic E-state index is 14.0. The molecular weight excluding hydrogens is 538 g/mol. The number of aromatic nitrogens is 3. The fourth-order valence-electron chi connectivity index (χ4n) is 5.41. The zero-order chi connectivity index (χ0) is 29.4. The summed E-state index contributed by atoms with van der Waals surface area (Å²) in [5, 5.41) is 2.87. The van der Waals surface area contributed by atoms with E-state index in [1.165, 1.54) is 30.9 Å². The highest BCUT2D eigenvalue weighted by Gasteiger charge is 2.34. The van der Waals surface area contributed by atoms with Gasteiger partial charge in [-0.3, -0.25) is 28.5 Å². The molecule has 0 saturated heterocycles. The SMILES string of the molecule is Cn1c(C(=O)N2CCc3cc4ccc3C2c2cccc(c2)OCCCNC(=O)c2cncc(c2)O4)cc(=O)n(C)c1=O. The summed E-state index contributed by atoms with van der Waals surface area (Å²) in [7, 11) is 2.87. The molecule has 4 aromatic rings. The molecule has 3 aliphatic rings. The molecule has 2 aromatic heterocycles. The maximum absolute atomic E-state index is 14.0. The van der Waals surface area contributed by atoms with Crippen LogP contribution in [0.1, 0.15) is 50.0 Å². The number of benzene rings is 2. The molecule has 8 bridgehead atoms. The first kappa shape index (κ1) is 27.0. The van der Waals surface area contributed by atoms with Crippen molar-refractivity contribution in [3.63, 3.8) is 0 Å². The molecule has 1 unspecified atom stereocenters. The molecule has 11 heteroatoms. The molecule has 1 N–H and O–H groups in total. The van der Waals surface area contributed by atoms with Crippen LogP contribution in [-0.4, -0.2) is 50.5 Å². The van der Waals surface area contributed by atoms with Crippen LogP contribution < -0.4 is 26.0 Å². The Morgan fingerprint density at radius 1 is 0.952 bits per heavy atom. The number of fused-ring (bicyclic) bond motifs is 6. The van der Waals surface area contributed by atoms with Crippen LogP contribution in [0.25, 0.3) is 0 Å². The number of rotatable bonds is 1. The molecule has 0 aliphatic carbocycles. The van der Waals surface area contributed by atoms with E-state index in [4.69, 9.17) is 9.47 Å². The molecule has 2 amide bonds. The lowest BCUT2D eigenvalue weighted by Gasteiger charge is -2.38. The van der Waals surface area contributed by atoms with Crippen LogP contribution in [0.2, 0.25) is 0 Å². The first-order valence-electron chi connectivity index (χ1n) is 13.6. The maximum Gasteiger partial charge on any atom is 0.331 e. The fourth-order valence-corrected chi connectivity index (χ4v) is 5.41. The molecule has 3 aliphatic heterocycles. The van der Waals surface area contributed by atoms with Gasteiger partial charge in [0.2, 0.25) is 0 Å². The van der Waals surface area contributed by atoms with Crippen LogP contribution >= 0.6 is 0 Å². The molecule has 0 fully saturated rings. The van der Waals surface area contributed by atoms with Gasteiger partial charge < -0.3 is 19.7 Å². The van der Waals surface area contributed by atoms with Gasteiger partial charge in [-0.15, -0.1) is 0 Å². The topological polar surface area (TPSA) is 125 Å². The van der Waals surface area contributed by atoms with Crippen molar-refractivity contribution in [2.24, 2.45) is 14.1 Å². The van der Waals surface area contributed by atoms with Crippen LogP contribution in [0.15, 0.2) is 76.6 Å². The summed E-state index contributed by atoms with van der Waals surface area (Å²) in [6, 6.07) is 15.5. The lowest BCUT2D eigenvalue weighted by Crippen LogP contribution is -2.45. The highest BCUT2D eigenvalue weighted by atomic mass is 16.5. The molecule has 214 valence electrons. The second kappa shape index (κ2) is 11.0. The predicted octanol–water partition coefficient (Wildman–Crippen LogP) is 2.57. The van der Waals surface area contributed by atoms with E-state index in [1.807, 2.05) is 42.5 Å². The molecule has 0 radical (unpaired) electrons. The van der Waals surface area contributed by atoms with Gasteiger partial charge in [-0.1, -0.05) is 18.2 Å². The van der Waals surface area contributed by atoms with E-state index in [2.05, 4.69) is 10.3 Å². The van der Waals surface area contributed by atoms with Gasteiger partial charge in [-0.05, 0) is 59.9 Å². The third-order valence-electron chi connectivity index (χ3n) is 7.61. The smallest absolute Gasteiger partial charge is 0.331 e. The number of hydrogen-bond donors (Lipinski definition) is 1. The number of nitrogens with one attached hydrogen (secondary N) is 1. The van der Waals surface area contributed by atoms with Crippen molar-refractivity contribution in [1.82, 2.24) is 24.3 Å². The van der Waals surface area contributed by atoms with Crippen molar-refractivity contribution in [1.29, 1.82) is 0 Å². The summed E-state index contributed by atoms with van der Waals surface area (Å²) in [6.07, 6.45) is 4.13. The van der Waals surface area contributed by atoms with Crippen molar-refractivity contribution >= 4 is 11.8 Å². The van der Waals surface area contributed by atoms with Crippen molar-refractivity contribution in [3.05, 3.63) is 116 Å². The number of carbonyl (C=O) groups excluding carboxylic acids is 2. The molecular formula is C31H29N5O6. The van der Waals surface area contributed by atoms with Gasteiger partial charge in [0.15, 0.2) is 0 Å². The minimum Gasteiger partial charge on any atom is -0.494 e. The summed E-state index contributed by atoms with van der Waals surface area (Å²) < 4.78 is 14.3. The van der Waals surface area contributed by atoms with Crippen LogP contribution in [0.3, 0.4) is 0 Å². The average Bonchev–Trinajstić information content (AvgIpc) is 3.00. The summed E-state index contributed by atoms with van der Waals surface area (Å²) in [6.45, 7) is 1.12. The normalized spacial score (nSPS) is 16.5. The number of carbonyl (C=O) groups is 2. The second-order valence-corrected chi connectivity index (χ2v) is 10.3. The molecule has 2 aromatic carbocycles. The van der Waals surface area contributed by atoms with E-state index in [9.17, 15) is 19.2 Å². The molecule has 11 nitrogen and oxygen atoms in total. The minimum atomic E-state index is -0.570. The van der Waals surface area contributed by atoms with E-state index in [0.717, 1.165) is 21.3 Å². The Bertz CT molecular complexity index is 1830. The number of pyridine rings is 1. The van der Waals surface area contributed by atoms with Crippen LogP contribution in [0.5, 0.6) is 17.2 Å². The van der Waals surface area contributed by atoms with Gasteiger partial charge >= 0.3 is 5.69 Å². The minimum absolute atomic E-state index is 0.0211. The Kier molecular flexibility index (Phi) is 7.07. The lowest BCUT2D eigenvalue weighted by atomic mass is 9.87. The van der Waals surface area contributed by atoms with Crippen molar-refractivity contribution < 1.29 is 19.1 Å². The van der Waals surface area contributed by atoms with E-state index in [-0.39, 0.29) is 11.6 Å². The van der Waals surface area contributed by atoms with E-state index in [0.29, 0.717) is 55.4 Å². The van der Waals surface area contributed by atoms with Gasteiger partial charge in [-0.2, -0.15) is 0 Å². The summed E-state index contributed by atoms with van der Waals surface area (Å²) in [5.41, 5.74) is 1.98. The fraction of sp³-hybridized carbons (Fsp3) is 0.258. The molecule has 1 atom stereocenters. The summed E-state index contributed by atoms with van der Waals surface area (Å²) >= 11 is 0. The third-order valence-corrected chi connectivity index (χ3v) is 7.61. The quantitative estimate of drug-likeness (QED) is 0.375. The van der Waals surface area contributed by atoms with E-state index < -0.39 is 23.2 Å². The van der Waals surface area contributed by atoms with Gasteiger partial charge in [0, 0.05) is 39.4 Å². The first-order chi connectivity index (χ1) is 20.3. The summed E-state index contributed by atoms with van der Waals surface area (Å²) in [4.78, 5) is 57.6. The zero-order valence-electron chi connectivity index (χ0n) is 23.2. The molecule has 5 heterocycles. The standard InChI is InChI=1S/C31H29N5O6/c1-34-26(16-27(37)35(2)31(34)40)30(39)36-11-9-19-13-23-7-8-25(19)28(36)20-5-3-6-22(14-20)41-12-4-10-33-29(38)21-15-24(42-23)18-32-17-21/h3,5-8,13-18,28H,4,9-12H2,1-2H3,(H,33,38).